The maximum Gasteiger partial charge on any atom is 0.266 e. The van der Waals surface area contributed by atoms with Gasteiger partial charge in [0.1, 0.15) is 5.75 Å². The standard InChI is InChI=1S/C22H23N3O5/c1-28-17-7-4-15(5-8-17)18-9-11-21(26)25(24-18)13-12-23-22(27)16-6-10-19(29-2)20(14-16)30-3/h4-11,14H,12-13H2,1-3H3,(H,23,27). The number of benzene rings is 2. The predicted octanol–water partition coefficient (Wildman–Crippen LogP) is 2.37. The molecule has 1 amide bonds. The third-order valence-electron chi connectivity index (χ3n) is 4.51. The van der Waals surface area contributed by atoms with E-state index in [1.807, 2.05) is 24.3 Å². The van der Waals surface area contributed by atoms with Crippen LogP contribution < -0.4 is 25.1 Å². The summed E-state index contributed by atoms with van der Waals surface area (Å²) in [5.74, 6) is 1.47. The van der Waals surface area contributed by atoms with Gasteiger partial charge in [-0.2, -0.15) is 5.10 Å². The van der Waals surface area contributed by atoms with Crippen LogP contribution >= 0.6 is 0 Å². The van der Waals surface area contributed by atoms with Crippen molar-refractivity contribution in [3.05, 3.63) is 70.5 Å². The van der Waals surface area contributed by atoms with E-state index in [1.165, 1.54) is 25.0 Å². The number of hydrogen-bond acceptors (Lipinski definition) is 6. The van der Waals surface area contributed by atoms with Crippen molar-refractivity contribution >= 4 is 5.91 Å². The molecule has 3 aromatic rings. The Balaban J connectivity index is 1.67. The molecule has 1 heterocycles. The Bertz CT molecular complexity index is 1080. The first-order chi connectivity index (χ1) is 14.5. The summed E-state index contributed by atoms with van der Waals surface area (Å²) in [5, 5.41) is 7.18. The number of rotatable bonds is 8. The van der Waals surface area contributed by atoms with Crippen molar-refractivity contribution in [2.75, 3.05) is 27.9 Å². The SMILES string of the molecule is COc1ccc(-c2ccc(=O)n(CCNC(=O)c3ccc(OC)c(OC)c3)n2)cc1. The molecule has 0 unspecified atom stereocenters. The molecule has 8 heteroatoms. The molecule has 0 fully saturated rings. The Morgan fingerprint density at radius 2 is 1.67 bits per heavy atom. The molecular formula is C22H23N3O5. The van der Waals surface area contributed by atoms with E-state index in [-0.39, 0.29) is 24.6 Å². The topological polar surface area (TPSA) is 91.7 Å². The number of amides is 1. The van der Waals surface area contributed by atoms with Crippen molar-refractivity contribution in [3.63, 3.8) is 0 Å². The largest absolute Gasteiger partial charge is 0.497 e. The van der Waals surface area contributed by atoms with Crippen molar-refractivity contribution in [2.24, 2.45) is 0 Å². The smallest absolute Gasteiger partial charge is 0.266 e. The molecule has 2 aromatic carbocycles. The number of aromatic nitrogens is 2. The molecule has 0 radical (unpaired) electrons. The molecule has 30 heavy (non-hydrogen) atoms. The summed E-state index contributed by atoms with van der Waals surface area (Å²) in [4.78, 5) is 24.5. The lowest BCUT2D eigenvalue weighted by Crippen LogP contribution is -2.32. The van der Waals surface area contributed by atoms with E-state index in [0.29, 0.717) is 22.8 Å². The van der Waals surface area contributed by atoms with Crippen LogP contribution in [-0.4, -0.2) is 43.6 Å². The Labute approximate surface area is 174 Å². The Kier molecular flexibility index (Phi) is 6.69. The fourth-order valence-electron chi connectivity index (χ4n) is 2.88. The first kappa shape index (κ1) is 20.9. The van der Waals surface area contributed by atoms with Gasteiger partial charge in [-0.1, -0.05) is 0 Å². The van der Waals surface area contributed by atoms with Gasteiger partial charge in [0.05, 0.1) is 33.6 Å². The molecule has 0 saturated carbocycles. The molecule has 1 aromatic heterocycles. The van der Waals surface area contributed by atoms with E-state index < -0.39 is 0 Å². The van der Waals surface area contributed by atoms with E-state index in [2.05, 4.69) is 10.4 Å². The van der Waals surface area contributed by atoms with Gasteiger partial charge in [-0.3, -0.25) is 9.59 Å². The van der Waals surface area contributed by atoms with Crippen molar-refractivity contribution < 1.29 is 19.0 Å². The van der Waals surface area contributed by atoms with Gasteiger partial charge in [0, 0.05) is 23.7 Å². The first-order valence-corrected chi connectivity index (χ1v) is 9.28. The van der Waals surface area contributed by atoms with Gasteiger partial charge in [-0.15, -0.1) is 0 Å². The fourth-order valence-corrected chi connectivity index (χ4v) is 2.88. The van der Waals surface area contributed by atoms with Gasteiger partial charge in [0.25, 0.3) is 11.5 Å². The lowest BCUT2D eigenvalue weighted by Gasteiger charge is -2.11. The summed E-state index contributed by atoms with van der Waals surface area (Å²) in [5.41, 5.74) is 1.70. The fraction of sp³-hybridized carbons (Fsp3) is 0.227. The van der Waals surface area contributed by atoms with Crippen LogP contribution in [0.5, 0.6) is 17.2 Å². The maximum atomic E-state index is 12.4. The van der Waals surface area contributed by atoms with Crippen LogP contribution in [0, 0.1) is 0 Å². The molecule has 0 spiro atoms. The Hall–Kier alpha value is -3.81. The molecule has 3 rings (SSSR count). The van der Waals surface area contributed by atoms with E-state index in [0.717, 1.165) is 11.3 Å². The number of nitrogens with one attached hydrogen (secondary N) is 1. The lowest BCUT2D eigenvalue weighted by molar-refractivity contribution is 0.0951. The maximum absolute atomic E-state index is 12.4. The summed E-state index contributed by atoms with van der Waals surface area (Å²) in [7, 11) is 4.64. The monoisotopic (exact) mass is 409 g/mol. The zero-order valence-corrected chi connectivity index (χ0v) is 17.0. The number of methoxy groups -OCH3 is 3. The van der Waals surface area contributed by atoms with Gasteiger partial charge >= 0.3 is 0 Å². The third-order valence-corrected chi connectivity index (χ3v) is 4.51. The minimum absolute atomic E-state index is 0.238. The second kappa shape index (κ2) is 9.60. The Morgan fingerprint density at radius 3 is 2.33 bits per heavy atom. The first-order valence-electron chi connectivity index (χ1n) is 9.28. The number of ether oxygens (including phenoxy) is 3. The van der Waals surface area contributed by atoms with Gasteiger partial charge < -0.3 is 19.5 Å². The molecule has 0 aliphatic carbocycles. The van der Waals surface area contributed by atoms with Crippen molar-refractivity contribution in [1.82, 2.24) is 15.1 Å². The highest BCUT2D eigenvalue weighted by molar-refractivity contribution is 5.94. The predicted molar refractivity (Wildman–Crippen MR) is 112 cm³/mol. The highest BCUT2D eigenvalue weighted by atomic mass is 16.5. The van der Waals surface area contributed by atoms with E-state index in [9.17, 15) is 9.59 Å². The molecule has 0 bridgehead atoms. The summed E-state index contributed by atoms with van der Waals surface area (Å²) >= 11 is 0. The van der Waals surface area contributed by atoms with Crippen LogP contribution in [0.3, 0.4) is 0 Å². The van der Waals surface area contributed by atoms with Crippen molar-refractivity contribution in [1.29, 1.82) is 0 Å². The van der Waals surface area contributed by atoms with Crippen LogP contribution in [0.2, 0.25) is 0 Å². The average Bonchev–Trinajstić information content (AvgIpc) is 2.79. The summed E-state index contributed by atoms with van der Waals surface area (Å²) in [6, 6.07) is 15.4. The number of nitrogens with zero attached hydrogens (tertiary/aromatic N) is 2. The number of hydrogen-bond donors (Lipinski definition) is 1. The number of carbonyl (C=O) groups is 1. The van der Waals surface area contributed by atoms with Gasteiger partial charge in [0.15, 0.2) is 11.5 Å². The second-order valence-electron chi connectivity index (χ2n) is 6.33. The second-order valence-corrected chi connectivity index (χ2v) is 6.33. The average molecular weight is 409 g/mol. The van der Waals surface area contributed by atoms with Crippen molar-refractivity contribution in [3.8, 4) is 28.5 Å². The van der Waals surface area contributed by atoms with E-state index in [4.69, 9.17) is 14.2 Å². The third kappa shape index (κ3) is 4.78. The minimum Gasteiger partial charge on any atom is -0.497 e. The van der Waals surface area contributed by atoms with Crippen LogP contribution in [0.15, 0.2) is 59.4 Å². The van der Waals surface area contributed by atoms with Crippen LogP contribution in [0.1, 0.15) is 10.4 Å². The zero-order chi connectivity index (χ0) is 21.5. The molecule has 0 aliphatic rings. The minimum atomic E-state index is -0.282. The molecule has 0 saturated heterocycles. The number of carbonyl (C=O) groups excluding carboxylic acids is 1. The lowest BCUT2D eigenvalue weighted by atomic mass is 10.1. The summed E-state index contributed by atoms with van der Waals surface area (Å²) in [6.07, 6.45) is 0. The molecule has 1 N–H and O–H groups in total. The molecule has 8 nitrogen and oxygen atoms in total. The summed E-state index contributed by atoms with van der Waals surface area (Å²) < 4.78 is 16.9. The van der Waals surface area contributed by atoms with Gasteiger partial charge in [0.2, 0.25) is 0 Å². The molecule has 156 valence electrons. The normalized spacial score (nSPS) is 10.4. The molecule has 0 atom stereocenters. The quantitative estimate of drug-likeness (QED) is 0.614. The Morgan fingerprint density at radius 1 is 0.933 bits per heavy atom. The van der Waals surface area contributed by atoms with Gasteiger partial charge in [-0.05, 0) is 48.5 Å². The van der Waals surface area contributed by atoms with Crippen LogP contribution in [-0.2, 0) is 6.54 Å². The van der Waals surface area contributed by atoms with Crippen molar-refractivity contribution in [2.45, 2.75) is 6.54 Å². The zero-order valence-electron chi connectivity index (χ0n) is 17.0. The highest BCUT2D eigenvalue weighted by Crippen LogP contribution is 2.27. The van der Waals surface area contributed by atoms with Gasteiger partial charge in [-0.25, -0.2) is 4.68 Å². The van der Waals surface area contributed by atoms with E-state index >= 15 is 0 Å². The van der Waals surface area contributed by atoms with Crippen LogP contribution in [0.25, 0.3) is 11.3 Å². The molecule has 0 aliphatic heterocycles. The molecular weight excluding hydrogens is 386 g/mol. The van der Waals surface area contributed by atoms with Crippen LogP contribution in [0.4, 0.5) is 0 Å². The van der Waals surface area contributed by atoms with E-state index in [1.54, 1.807) is 31.4 Å². The summed E-state index contributed by atoms with van der Waals surface area (Å²) in [6.45, 7) is 0.480. The highest BCUT2D eigenvalue weighted by Gasteiger charge is 2.11.